The molecule has 0 radical (unpaired) electrons. The van der Waals surface area contributed by atoms with Gasteiger partial charge in [-0.1, -0.05) is 133 Å². The van der Waals surface area contributed by atoms with Gasteiger partial charge in [0.1, 0.15) is 11.2 Å². The summed E-state index contributed by atoms with van der Waals surface area (Å²) in [4.78, 5) is 15.2. The Morgan fingerprint density at radius 1 is 0.373 bits per heavy atom. The highest BCUT2D eigenvalue weighted by Gasteiger charge is 2.21. The number of fused-ring (bicyclic) bond motifs is 13. The molecule has 9 aromatic carbocycles. The van der Waals surface area contributed by atoms with Gasteiger partial charge in [-0.05, 0) is 70.1 Å². The lowest BCUT2D eigenvalue weighted by molar-refractivity contribution is 0.669. The number of nitrogens with zero attached hydrogens (tertiary/aromatic N) is 4. The van der Waals surface area contributed by atoms with Crippen molar-refractivity contribution in [3.63, 3.8) is 0 Å². The molecule has 6 heteroatoms. The third-order valence-electron chi connectivity index (χ3n) is 11.8. The standard InChI is InChI=1S/C53H30N4OS/c1-2-13-33(14-3-1)51-54-52(34-21-25-39-38-17-8-9-19-44(38)58-45(39)29-34)56-53(55-51)35-22-26-40-47(30-35)59-46-20-10-18-41(48(40)46)57-42-27-23-31-11-4-6-15-36(31)49(42)50-37-16-7-5-12-32(37)24-28-43(50)57/h1-30H. The highest BCUT2D eigenvalue weighted by molar-refractivity contribution is 7.26. The van der Waals surface area contributed by atoms with E-state index in [1.54, 1.807) is 11.3 Å². The van der Waals surface area contributed by atoms with Crippen LogP contribution in [0.2, 0.25) is 0 Å². The number of hydrogen-bond acceptors (Lipinski definition) is 5. The maximum absolute atomic E-state index is 6.27. The van der Waals surface area contributed by atoms with Crippen molar-refractivity contribution in [2.24, 2.45) is 0 Å². The van der Waals surface area contributed by atoms with Crippen molar-refractivity contribution < 1.29 is 4.42 Å². The summed E-state index contributed by atoms with van der Waals surface area (Å²) in [7, 11) is 0. The molecule has 59 heavy (non-hydrogen) atoms. The van der Waals surface area contributed by atoms with Crippen molar-refractivity contribution in [2.75, 3.05) is 0 Å². The lowest BCUT2D eigenvalue weighted by atomic mass is 10.00. The fourth-order valence-corrected chi connectivity index (χ4v) is 10.3. The number of hydrogen-bond donors (Lipinski definition) is 0. The molecule has 5 nitrogen and oxygen atoms in total. The largest absolute Gasteiger partial charge is 0.456 e. The molecule has 0 fully saturated rings. The second-order valence-electron chi connectivity index (χ2n) is 15.1. The Hall–Kier alpha value is -7.67. The van der Waals surface area contributed by atoms with Gasteiger partial charge in [0.15, 0.2) is 17.5 Å². The van der Waals surface area contributed by atoms with Gasteiger partial charge >= 0.3 is 0 Å². The molecule has 0 aliphatic rings. The molecule has 0 N–H and O–H groups in total. The molecule has 0 aliphatic carbocycles. The van der Waals surface area contributed by atoms with Gasteiger partial charge in [0.25, 0.3) is 0 Å². The van der Waals surface area contributed by atoms with Crippen molar-refractivity contribution in [1.82, 2.24) is 19.5 Å². The first-order chi connectivity index (χ1) is 29.2. The molecule has 0 aliphatic heterocycles. The van der Waals surface area contributed by atoms with Gasteiger partial charge in [0, 0.05) is 58.4 Å². The summed E-state index contributed by atoms with van der Waals surface area (Å²) in [5.74, 6) is 1.85. The number of rotatable bonds is 4. The first-order valence-corrected chi connectivity index (χ1v) is 20.6. The van der Waals surface area contributed by atoms with E-state index in [1.165, 1.54) is 69.2 Å². The van der Waals surface area contributed by atoms with Gasteiger partial charge in [-0.3, -0.25) is 0 Å². The predicted molar refractivity (Wildman–Crippen MR) is 246 cm³/mol. The van der Waals surface area contributed by atoms with Crippen LogP contribution in [0, 0.1) is 0 Å². The molecule has 274 valence electrons. The normalized spacial score (nSPS) is 12.1. The molecule has 0 atom stereocenters. The zero-order valence-corrected chi connectivity index (χ0v) is 32.2. The van der Waals surface area contributed by atoms with Crippen molar-refractivity contribution in [2.45, 2.75) is 0 Å². The van der Waals surface area contributed by atoms with Gasteiger partial charge < -0.3 is 8.98 Å². The van der Waals surface area contributed by atoms with E-state index in [0.29, 0.717) is 17.5 Å². The molecule has 0 spiro atoms. The number of furan rings is 1. The Kier molecular flexibility index (Phi) is 6.82. The van der Waals surface area contributed by atoms with Crippen LogP contribution in [-0.4, -0.2) is 19.5 Å². The quantitative estimate of drug-likeness (QED) is 0.179. The third kappa shape index (κ3) is 4.87. The number of thiophene rings is 1. The molecule has 13 aromatic rings. The fourth-order valence-electron chi connectivity index (χ4n) is 9.16. The van der Waals surface area contributed by atoms with Crippen molar-refractivity contribution in [1.29, 1.82) is 0 Å². The van der Waals surface area contributed by atoms with E-state index in [2.05, 4.69) is 132 Å². The van der Waals surface area contributed by atoms with Crippen molar-refractivity contribution >= 4 is 96.8 Å². The molecule has 4 aromatic heterocycles. The average molecular weight is 771 g/mol. The van der Waals surface area contributed by atoms with Crippen LogP contribution in [0.25, 0.3) is 125 Å². The number of aromatic nitrogens is 4. The Bertz CT molecular complexity index is 3770. The van der Waals surface area contributed by atoms with Crippen LogP contribution in [-0.2, 0) is 0 Å². The molecular weight excluding hydrogens is 741 g/mol. The minimum absolute atomic E-state index is 0.598. The summed E-state index contributed by atoms with van der Waals surface area (Å²) in [5, 5.41) is 12.2. The summed E-state index contributed by atoms with van der Waals surface area (Å²) in [6.07, 6.45) is 0. The highest BCUT2D eigenvalue weighted by atomic mass is 32.1. The van der Waals surface area contributed by atoms with Crippen LogP contribution in [0.3, 0.4) is 0 Å². The van der Waals surface area contributed by atoms with E-state index in [9.17, 15) is 0 Å². The molecule has 0 amide bonds. The smallest absolute Gasteiger partial charge is 0.164 e. The minimum Gasteiger partial charge on any atom is -0.456 e. The van der Waals surface area contributed by atoms with Gasteiger partial charge in [0.05, 0.1) is 16.7 Å². The summed E-state index contributed by atoms with van der Waals surface area (Å²) in [6, 6.07) is 64.5. The monoisotopic (exact) mass is 770 g/mol. The lowest BCUT2D eigenvalue weighted by Gasteiger charge is -2.11. The van der Waals surface area contributed by atoms with E-state index < -0.39 is 0 Å². The molecule has 0 saturated heterocycles. The second kappa shape index (κ2) is 12.4. The topological polar surface area (TPSA) is 56.7 Å². The average Bonchev–Trinajstić information content (AvgIpc) is 3.98. The highest BCUT2D eigenvalue weighted by Crippen LogP contribution is 2.45. The van der Waals surface area contributed by atoms with Crippen LogP contribution in [0.15, 0.2) is 186 Å². The van der Waals surface area contributed by atoms with Crippen LogP contribution in [0.4, 0.5) is 0 Å². The molecule has 0 saturated carbocycles. The van der Waals surface area contributed by atoms with Gasteiger partial charge in [-0.2, -0.15) is 0 Å². The zero-order chi connectivity index (χ0) is 38.6. The maximum Gasteiger partial charge on any atom is 0.164 e. The molecular formula is C53H30N4OS. The number of benzene rings is 9. The Labute approximate surface area is 341 Å². The van der Waals surface area contributed by atoms with Crippen LogP contribution < -0.4 is 0 Å². The third-order valence-corrected chi connectivity index (χ3v) is 12.9. The predicted octanol–water partition coefficient (Wildman–Crippen LogP) is 14.5. The van der Waals surface area contributed by atoms with Crippen molar-refractivity contribution in [3.8, 4) is 39.9 Å². The lowest BCUT2D eigenvalue weighted by Crippen LogP contribution is -2.00. The summed E-state index contributed by atoms with van der Waals surface area (Å²) >= 11 is 1.81. The maximum atomic E-state index is 6.27. The molecule has 13 rings (SSSR count). The zero-order valence-electron chi connectivity index (χ0n) is 31.4. The van der Waals surface area contributed by atoms with Crippen LogP contribution in [0.5, 0.6) is 0 Å². The van der Waals surface area contributed by atoms with Crippen LogP contribution in [0.1, 0.15) is 0 Å². The fraction of sp³-hybridized carbons (Fsp3) is 0. The van der Waals surface area contributed by atoms with E-state index in [-0.39, 0.29) is 0 Å². The molecule has 4 heterocycles. The van der Waals surface area contributed by atoms with E-state index in [4.69, 9.17) is 19.4 Å². The van der Waals surface area contributed by atoms with E-state index >= 15 is 0 Å². The summed E-state index contributed by atoms with van der Waals surface area (Å²) in [5.41, 5.74) is 7.97. The van der Waals surface area contributed by atoms with Gasteiger partial charge in [-0.15, -0.1) is 11.3 Å². The Morgan fingerprint density at radius 3 is 1.66 bits per heavy atom. The minimum atomic E-state index is 0.598. The second-order valence-corrected chi connectivity index (χ2v) is 16.2. The first-order valence-electron chi connectivity index (χ1n) is 19.8. The van der Waals surface area contributed by atoms with Gasteiger partial charge in [0.2, 0.25) is 0 Å². The molecule has 0 bridgehead atoms. The first kappa shape index (κ1) is 32.4. The summed E-state index contributed by atoms with van der Waals surface area (Å²) < 4.78 is 11.2. The van der Waals surface area contributed by atoms with Crippen molar-refractivity contribution in [3.05, 3.63) is 182 Å². The molecule has 0 unspecified atom stereocenters. The van der Waals surface area contributed by atoms with E-state index in [1.807, 2.05) is 54.6 Å². The SMILES string of the molecule is c1ccc(-c2nc(-c3ccc4c(c3)oc3ccccc34)nc(-c3ccc4c(c3)sc3cccc(-n5c6ccc7ccccc7c6c6c7ccccc7ccc65)c34)n2)cc1. The van der Waals surface area contributed by atoms with E-state index in [0.717, 1.165) is 38.6 Å². The summed E-state index contributed by atoms with van der Waals surface area (Å²) in [6.45, 7) is 0. The number of para-hydroxylation sites is 1. The Balaban J connectivity index is 1.01. The van der Waals surface area contributed by atoms with Crippen LogP contribution >= 0.6 is 11.3 Å². The Morgan fingerprint density at radius 2 is 0.949 bits per heavy atom. The van der Waals surface area contributed by atoms with Gasteiger partial charge in [-0.25, -0.2) is 15.0 Å².